The molecule has 4 aromatic carbocycles. The molecule has 0 fully saturated rings. The zero-order valence-corrected chi connectivity index (χ0v) is 15.7. The Kier molecular flexibility index (Phi) is 4.09. The van der Waals surface area contributed by atoms with Crippen molar-refractivity contribution >= 4 is 21.5 Å². The number of ether oxygens (including phenoxy) is 1. The highest BCUT2D eigenvalue weighted by atomic mass is 16.5. The van der Waals surface area contributed by atoms with Crippen molar-refractivity contribution < 1.29 is 4.74 Å². The topological polar surface area (TPSA) is 9.23 Å². The average Bonchev–Trinajstić information content (AvgIpc) is 3.16. The van der Waals surface area contributed by atoms with E-state index in [2.05, 4.69) is 79.7 Å². The van der Waals surface area contributed by atoms with Crippen LogP contribution in [0.2, 0.25) is 0 Å². The molecule has 27 heavy (non-hydrogen) atoms. The smallest absolute Gasteiger partial charge is 0.128 e. The Morgan fingerprint density at radius 3 is 2.56 bits per heavy atom. The van der Waals surface area contributed by atoms with Gasteiger partial charge in [-0.3, -0.25) is 0 Å². The molecule has 1 aliphatic heterocycles. The van der Waals surface area contributed by atoms with Crippen LogP contribution in [0.15, 0.2) is 72.8 Å². The predicted octanol–water partition coefficient (Wildman–Crippen LogP) is 7.01. The zero-order chi connectivity index (χ0) is 18.2. The quantitative estimate of drug-likeness (QED) is 0.359. The lowest BCUT2D eigenvalue weighted by Gasteiger charge is -2.14. The van der Waals surface area contributed by atoms with Crippen LogP contribution in [0.25, 0.3) is 21.5 Å². The van der Waals surface area contributed by atoms with Crippen LogP contribution < -0.4 is 4.74 Å². The second-order valence-electron chi connectivity index (χ2n) is 7.55. The van der Waals surface area contributed by atoms with E-state index < -0.39 is 0 Å². The van der Waals surface area contributed by atoms with Gasteiger partial charge < -0.3 is 4.74 Å². The predicted molar refractivity (Wildman–Crippen MR) is 114 cm³/mol. The van der Waals surface area contributed by atoms with Gasteiger partial charge in [-0.05, 0) is 51.6 Å². The van der Waals surface area contributed by atoms with Crippen molar-refractivity contribution in [1.29, 1.82) is 0 Å². The highest BCUT2D eigenvalue weighted by Gasteiger charge is 2.27. The molecule has 1 heteroatoms. The van der Waals surface area contributed by atoms with E-state index in [-0.39, 0.29) is 6.10 Å². The number of benzene rings is 4. The van der Waals surface area contributed by atoms with E-state index in [4.69, 9.17) is 4.74 Å². The van der Waals surface area contributed by atoms with Crippen molar-refractivity contribution in [2.24, 2.45) is 0 Å². The fourth-order valence-corrected chi connectivity index (χ4v) is 4.43. The maximum atomic E-state index is 6.43. The van der Waals surface area contributed by atoms with Crippen molar-refractivity contribution in [1.82, 2.24) is 0 Å². The van der Waals surface area contributed by atoms with E-state index in [1.54, 1.807) is 0 Å². The lowest BCUT2D eigenvalue weighted by Crippen LogP contribution is -2.02. The highest BCUT2D eigenvalue weighted by molar-refractivity contribution is 6.11. The summed E-state index contributed by atoms with van der Waals surface area (Å²) < 4.78 is 6.43. The SMILES string of the molecule is CCCCc1cc2c(c3ccc4ccccc4c13)CC(c1ccccc1)O2. The summed E-state index contributed by atoms with van der Waals surface area (Å²) in [5.74, 6) is 1.08. The molecular formula is C26H24O. The van der Waals surface area contributed by atoms with E-state index in [1.807, 2.05) is 0 Å². The maximum Gasteiger partial charge on any atom is 0.128 e. The van der Waals surface area contributed by atoms with Gasteiger partial charge in [0.05, 0.1) is 0 Å². The number of rotatable bonds is 4. The number of fused-ring (bicyclic) bond motifs is 5. The first-order valence-corrected chi connectivity index (χ1v) is 10.0. The van der Waals surface area contributed by atoms with Crippen LogP contribution in [0.4, 0.5) is 0 Å². The second-order valence-corrected chi connectivity index (χ2v) is 7.55. The summed E-state index contributed by atoms with van der Waals surface area (Å²) >= 11 is 0. The fourth-order valence-electron chi connectivity index (χ4n) is 4.43. The zero-order valence-electron chi connectivity index (χ0n) is 15.7. The van der Waals surface area contributed by atoms with Gasteiger partial charge in [-0.25, -0.2) is 0 Å². The monoisotopic (exact) mass is 352 g/mol. The molecule has 0 spiro atoms. The standard InChI is InChI=1S/C26H24O/c1-2-3-9-20-16-25-23(17-24(27-25)19-11-5-4-6-12-19)22-15-14-18-10-7-8-13-21(18)26(20)22/h4-8,10-16,24H,2-3,9,17H2,1H3. The van der Waals surface area contributed by atoms with Crippen molar-refractivity contribution in [3.8, 4) is 5.75 Å². The molecule has 0 bridgehead atoms. The number of hydrogen-bond donors (Lipinski definition) is 0. The Morgan fingerprint density at radius 2 is 1.70 bits per heavy atom. The molecule has 5 rings (SSSR count). The van der Waals surface area contributed by atoms with Crippen LogP contribution in [0.5, 0.6) is 5.75 Å². The first-order chi connectivity index (χ1) is 13.3. The molecule has 0 amide bonds. The molecule has 134 valence electrons. The minimum Gasteiger partial charge on any atom is -0.485 e. The van der Waals surface area contributed by atoms with Crippen molar-refractivity contribution in [3.63, 3.8) is 0 Å². The molecule has 0 N–H and O–H groups in total. The highest BCUT2D eigenvalue weighted by Crippen LogP contribution is 2.44. The van der Waals surface area contributed by atoms with Crippen LogP contribution in [-0.2, 0) is 12.8 Å². The summed E-state index contributed by atoms with van der Waals surface area (Å²) in [6, 6.07) is 26.3. The summed E-state index contributed by atoms with van der Waals surface area (Å²) in [7, 11) is 0. The van der Waals surface area contributed by atoms with Gasteiger partial charge in [0.2, 0.25) is 0 Å². The minimum absolute atomic E-state index is 0.122. The number of aryl methyl sites for hydroxylation is 1. The van der Waals surface area contributed by atoms with Gasteiger partial charge in [-0.2, -0.15) is 0 Å². The van der Waals surface area contributed by atoms with Gasteiger partial charge in [0.15, 0.2) is 0 Å². The largest absolute Gasteiger partial charge is 0.485 e. The van der Waals surface area contributed by atoms with Crippen LogP contribution in [-0.4, -0.2) is 0 Å². The van der Waals surface area contributed by atoms with Crippen LogP contribution in [0.1, 0.15) is 42.6 Å². The number of unbranched alkanes of at least 4 members (excludes halogenated alkanes) is 1. The van der Waals surface area contributed by atoms with E-state index in [0.717, 1.165) is 18.6 Å². The van der Waals surface area contributed by atoms with Crippen molar-refractivity contribution in [2.75, 3.05) is 0 Å². The Morgan fingerprint density at radius 1 is 0.889 bits per heavy atom. The van der Waals surface area contributed by atoms with Gasteiger partial charge in [0.25, 0.3) is 0 Å². The third-order valence-electron chi connectivity index (χ3n) is 5.81. The van der Waals surface area contributed by atoms with Gasteiger partial charge in [-0.15, -0.1) is 0 Å². The van der Waals surface area contributed by atoms with Crippen LogP contribution in [0.3, 0.4) is 0 Å². The molecule has 0 aromatic heterocycles. The summed E-state index contributed by atoms with van der Waals surface area (Å²) in [4.78, 5) is 0. The summed E-state index contributed by atoms with van der Waals surface area (Å²) in [6.07, 6.45) is 4.59. The molecule has 0 saturated carbocycles. The first kappa shape index (κ1) is 16.4. The molecular weight excluding hydrogens is 328 g/mol. The molecule has 4 aromatic rings. The molecule has 1 nitrogen and oxygen atoms in total. The fraction of sp³-hybridized carbons (Fsp3) is 0.231. The van der Waals surface area contributed by atoms with Crippen molar-refractivity contribution in [3.05, 3.63) is 89.5 Å². The van der Waals surface area contributed by atoms with E-state index in [9.17, 15) is 0 Å². The maximum absolute atomic E-state index is 6.43. The Labute approximate surface area is 160 Å². The lowest BCUT2D eigenvalue weighted by molar-refractivity contribution is 0.238. The Balaban J connectivity index is 1.71. The first-order valence-electron chi connectivity index (χ1n) is 10.0. The van der Waals surface area contributed by atoms with Crippen molar-refractivity contribution in [2.45, 2.75) is 38.7 Å². The summed E-state index contributed by atoms with van der Waals surface area (Å²) in [5.41, 5.74) is 4.05. The van der Waals surface area contributed by atoms with Gasteiger partial charge in [0.1, 0.15) is 11.9 Å². The van der Waals surface area contributed by atoms with Gasteiger partial charge >= 0.3 is 0 Å². The number of hydrogen-bond acceptors (Lipinski definition) is 1. The third kappa shape index (κ3) is 2.78. The van der Waals surface area contributed by atoms with Gasteiger partial charge in [0, 0.05) is 12.0 Å². The van der Waals surface area contributed by atoms with Crippen LogP contribution in [0, 0.1) is 0 Å². The minimum atomic E-state index is 0.122. The molecule has 1 heterocycles. The van der Waals surface area contributed by atoms with E-state index in [0.29, 0.717) is 0 Å². The van der Waals surface area contributed by atoms with Crippen LogP contribution >= 0.6 is 0 Å². The third-order valence-corrected chi connectivity index (χ3v) is 5.81. The molecule has 0 aliphatic carbocycles. The molecule has 0 saturated heterocycles. The molecule has 0 radical (unpaired) electrons. The Bertz CT molecular complexity index is 1110. The average molecular weight is 352 g/mol. The summed E-state index contributed by atoms with van der Waals surface area (Å²) in [6.45, 7) is 2.26. The second kappa shape index (κ2) is 6.74. The summed E-state index contributed by atoms with van der Waals surface area (Å²) in [5, 5.41) is 5.49. The lowest BCUT2D eigenvalue weighted by atomic mass is 9.90. The van der Waals surface area contributed by atoms with E-state index in [1.165, 1.54) is 51.1 Å². The Hall–Kier alpha value is -2.80. The van der Waals surface area contributed by atoms with Gasteiger partial charge in [-0.1, -0.05) is 80.1 Å². The normalized spacial score (nSPS) is 15.8. The molecule has 1 unspecified atom stereocenters. The molecule has 1 atom stereocenters. The molecule has 1 aliphatic rings. The van der Waals surface area contributed by atoms with E-state index >= 15 is 0 Å².